The number of likely N-dealkylation sites (tertiary alicyclic amines) is 1. The molecule has 1 saturated carbocycles. The second kappa shape index (κ2) is 12.6. The first-order valence-corrected chi connectivity index (χ1v) is 14.3. The zero-order valence-electron chi connectivity index (χ0n) is 22.6. The van der Waals surface area contributed by atoms with Gasteiger partial charge >= 0.3 is 0 Å². The van der Waals surface area contributed by atoms with Crippen LogP contribution in [-0.4, -0.2) is 52.1 Å². The van der Waals surface area contributed by atoms with Crippen molar-refractivity contribution >= 4 is 23.6 Å². The maximum Gasteiger partial charge on any atom is 0.243 e. The lowest BCUT2D eigenvalue weighted by atomic mass is 9.85. The van der Waals surface area contributed by atoms with Gasteiger partial charge in [0.1, 0.15) is 11.9 Å². The van der Waals surface area contributed by atoms with Gasteiger partial charge in [0.05, 0.1) is 11.8 Å². The van der Waals surface area contributed by atoms with Crippen molar-refractivity contribution in [3.05, 3.63) is 83.7 Å². The predicted molar refractivity (Wildman–Crippen MR) is 148 cm³/mol. The molecule has 1 saturated heterocycles. The van der Waals surface area contributed by atoms with Crippen LogP contribution in [0.4, 0.5) is 4.39 Å². The second-order valence-electron chi connectivity index (χ2n) is 11.0. The lowest BCUT2D eigenvalue weighted by Gasteiger charge is -2.33. The van der Waals surface area contributed by atoms with E-state index < -0.39 is 17.8 Å². The molecule has 7 nitrogen and oxygen atoms in total. The first-order chi connectivity index (χ1) is 19.4. The third-order valence-corrected chi connectivity index (χ3v) is 8.42. The van der Waals surface area contributed by atoms with Crippen molar-refractivity contribution in [2.24, 2.45) is 11.8 Å². The number of nitrogens with zero attached hydrogens (tertiary/aromatic N) is 2. The molecule has 1 N–H and O–H groups in total. The van der Waals surface area contributed by atoms with Gasteiger partial charge in [-0.25, -0.2) is 4.39 Å². The number of hydrogen-bond donors (Lipinski definition) is 1. The molecule has 5 rings (SSSR count). The molecule has 210 valence electrons. The van der Waals surface area contributed by atoms with E-state index in [0.29, 0.717) is 18.4 Å². The van der Waals surface area contributed by atoms with Crippen LogP contribution in [0.3, 0.4) is 0 Å². The van der Waals surface area contributed by atoms with Crippen LogP contribution in [0.15, 0.2) is 66.7 Å². The molecule has 1 aliphatic heterocycles. The number of fused-ring (bicyclic) bond motifs is 1. The fourth-order valence-corrected chi connectivity index (χ4v) is 6.17. The molecule has 4 amide bonds. The molecule has 0 spiro atoms. The third-order valence-electron chi connectivity index (χ3n) is 8.42. The summed E-state index contributed by atoms with van der Waals surface area (Å²) in [5, 5.41) is 3.13. The summed E-state index contributed by atoms with van der Waals surface area (Å²) in [5.74, 6) is -2.36. The molecule has 1 heterocycles. The molecule has 0 unspecified atom stereocenters. The van der Waals surface area contributed by atoms with Crippen LogP contribution in [0.25, 0.3) is 0 Å². The minimum Gasteiger partial charge on any atom is -0.352 e. The summed E-state index contributed by atoms with van der Waals surface area (Å²) in [5.41, 5.74) is 1.18. The van der Waals surface area contributed by atoms with Crippen molar-refractivity contribution in [3.8, 4) is 0 Å². The van der Waals surface area contributed by atoms with Gasteiger partial charge in [0.25, 0.3) is 0 Å². The van der Waals surface area contributed by atoms with Crippen LogP contribution in [0.1, 0.15) is 56.1 Å². The van der Waals surface area contributed by atoms with E-state index in [9.17, 15) is 23.6 Å². The molecule has 2 aromatic carbocycles. The molecule has 2 fully saturated rings. The van der Waals surface area contributed by atoms with Crippen molar-refractivity contribution < 1.29 is 23.6 Å². The van der Waals surface area contributed by atoms with Gasteiger partial charge in [-0.3, -0.25) is 24.1 Å². The van der Waals surface area contributed by atoms with E-state index in [0.717, 1.165) is 31.2 Å². The van der Waals surface area contributed by atoms with Gasteiger partial charge in [-0.15, -0.1) is 0 Å². The monoisotopic (exact) mass is 545 g/mol. The summed E-state index contributed by atoms with van der Waals surface area (Å²) in [6.45, 7) is -0.155. The average Bonchev–Trinajstić information content (AvgIpc) is 3.57. The molecule has 2 aliphatic carbocycles. The molecule has 0 aromatic heterocycles. The van der Waals surface area contributed by atoms with E-state index in [1.165, 1.54) is 15.9 Å². The predicted octanol–water partition coefficient (Wildman–Crippen LogP) is 4.17. The number of halogens is 1. The zero-order valence-corrected chi connectivity index (χ0v) is 22.6. The molecule has 3 aliphatic rings. The minimum atomic E-state index is -0.883. The van der Waals surface area contributed by atoms with Crippen molar-refractivity contribution in [3.63, 3.8) is 0 Å². The molecule has 8 heteroatoms. The number of carbonyl (C=O) groups is 4. The van der Waals surface area contributed by atoms with Gasteiger partial charge in [0.2, 0.25) is 23.6 Å². The van der Waals surface area contributed by atoms with Crippen molar-refractivity contribution in [2.75, 3.05) is 6.54 Å². The lowest BCUT2D eigenvalue weighted by Crippen LogP contribution is -2.52. The van der Waals surface area contributed by atoms with Crippen LogP contribution < -0.4 is 5.32 Å². The summed E-state index contributed by atoms with van der Waals surface area (Å²) in [7, 11) is 0. The van der Waals surface area contributed by atoms with E-state index in [1.54, 1.807) is 18.2 Å². The zero-order chi connectivity index (χ0) is 28.1. The smallest absolute Gasteiger partial charge is 0.243 e. The molecule has 0 radical (unpaired) electrons. The average molecular weight is 546 g/mol. The Bertz CT molecular complexity index is 1250. The second-order valence-corrected chi connectivity index (χ2v) is 11.0. The number of rotatable bonds is 10. The number of imide groups is 1. The highest BCUT2D eigenvalue weighted by atomic mass is 19.1. The highest BCUT2D eigenvalue weighted by Crippen LogP contribution is 2.35. The normalized spacial score (nSPS) is 21.4. The number of amides is 4. The van der Waals surface area contributed by atoms with Crippen LogP contribution in [0.2, 0.25) is 0 Å². The van der Waals surface area contributed by atoms with Crippen molar-refractivity contribution in [1.29, 1.82) is 0 Å². The van der Waals surface area contributed by atoms with Gasteiger partial charge in [0.15, 0.2) is 0 Å². The topological polar surface area (TPSA) is 86.8 Å². The first kappa shape index (κ1) is 27.7. The maximum absolute atomic E-state index is 14.8. The van der Waals surface area contributed by atoms with E-state index in [-0.39, 0.29) is 61.5 Å². The largest absolute Gasteiger partial charge is 0.352 e. The van der Waals surface area contributed by atoms with Gasteiger partial charge in [-0.05, 0) is 37.3 Å². The Morgan fingerprint density at radius 1 is 0.925 bits per heavy atom. The molecule has 40 heavy (non-hydrogen) atoms. The number of allylic oxidation sites excluding steroid dienone is 2. The van der Waals surface area contributed by atoms with Crippen molar-refractivity contribution in [1.82, 2.24) is 15.1 Å². The Balaban J connectivity index is 1.39. The Morgan fingerprint density at radius 3 is 2.20 bits per heavy atom. The maximum atomic E-state index is 14.8. The van der Waals surface area contributed by atoms with Gasteiger partial charge in [0, 0.05) is 37.5 Å². The highest BCUT2D eigenvalue weighted by molar-refractivity contribution is 6.05. The van der Waals surface area contributed by atoms with Crippen LogP contribution in [0, 0.1) is 17.7 Å². The van der Waals surface area contributed by atoms with Crippen LogP contribution in [-0.2, 0) is 32.1 Å². The third kappa shape index (κ3) is 6.16. The molecular weight excluding hydrogens is 509 g/mol. The lowest BCUT2D eigenvalue weighted by molar-refractivity contribution is -0.144. The summed E-state index contributed by atoms with van der Waals surface area (Å²) >= 11 is 0. The van der Waals surface area contributed by atoms with Crippen LogP contribution in [0.5, 0.6) is 0 Å². The number of carbonyl (C=O) groups excluding carboxylic acids is 4. The molecule has 3 atom stereocenters. The fraction of sp³-hybridized carbons (Fsp3) is 0.438. The quantitative estimate of drug-likeness (QED) is 0.359. The van der Waals surface area contributed by atoms with Gasteiger partial charge in [-0.2, -0.15) is 0 Å². The van der Waals surface area contributed by atoms with E-state index in [1.807, 2.05) is 42.5 Å². The Hall–Kier alpha value is -3.81. The first-order valence-electron chi connectivity index (χ1n) is 14.3. The standard InChI is InChI=1S/C32H36FN3O4/c33-27-17-9-4-12-23(27)21-36(29(37)18-19-35-31(39)25-15-7-8-16-26(25)32(35)40)28(20-22-10-2-1-3-11-22)30(38)34-24-13-5-6-14-24/h1-4,7-12,17,24-26,28H,5-6,13-16,18-21H2,(H,34,38)/t25-,26+,28-/m1/s1. The summed E-state index contributed by atoms with van der Waals surface area (Å²) in [4.78, 5) is 56.2. The summed E-state index contributed by atoms with van der Waals surface area (Å²) < 4.78 is 14.8. The molecular formula is C32H36FN3O4. The number of nitrogens with one attached hydrogen (secondary N) is 1. The van der Waals surface area contributed by atoms with Gasteiger partial charge in [-0.1, -0.05) is 73.5 Å². The Kier molecular flexibility index (Phi) is 8.72. The Morgan fingerprint density at radius 2 is 1.55 bits per heavy atom. The molecule has 2 aromatic rings. The highest BCUT2D eigenvalue weighted by Gasteiger charge is 2.47. The van der Waals surface area contributed by atoms with Gasteiger partial charge < -0.3 is 10.2 Å². The Labute approximate surface area is 234 Å². The number of benzene rings is 2. The minimum absolute atomic E-state index is 0.0491. The summed E-state index contributed by atoms with van der Waals surface area (Å²) in [6, 6.07) is 14.8. The van der Waals surface area contributed by atoms with E-state index in [2.05, 4.69) is 5.32 Å². The van der Waals surface area contributed by atoms with Crippen molar-refractivity contribution in [2.45, 2.75) is 70.0 Å². The molecule has 0 bridgehead atoms. The summed E-state index contributed by atoms with van der Waals surface area (Å²) in [6.07, 6.45) is 8.89. The number of hydrogen-bond acceptors (Lipinski definition) is 4. The fourth-order valence-electron chi connectivity index (χ4n) is 6.17. The van der Waals surface area contributed by atoms with Crippen LogP contribution >= 0.6 is 0 Å². The SMILES string of the molecule is O=C(NC1CCCC1)[C@@H](Cc1ccccc1)N(Cc1ccccc1F)C(=O)CCN1C(=O)[C@H]2CC=CC[C@H]2C1=O. The van der Waals surface area contributed by atoms with E-state index in [4.69, 9.17) is 0 Å². The van der Waals surface area contributed by atoms with E-state index >= 15 is 0 Å².